The minimum atomic E-state index is -0.330. The van der Waals surface area contributed by atoms with Crippen LogP contribution in [0.4, 0.5) is 5.00 Å². The summed E-state index contributed by atoms with van der Waals surface area (Å²) >= 11 is 3.04. The van der Waals surface area contributed by atoms with Gasteiger partial charge in [-0.15, -0.1) is 23.1 Å². The van der Waals surface area contributed by atoms with Crippen molar-refractivity contribution in [3.63, 3.8) is 0 Å². The van der Waals surface area contributed by atoms with Gasteiger partial charge in [-0.05, 0) is 56.7 Å². The molecule has 0 bridgehead atoms. The van der Waals surface area contributed by atoms with Crippen molar-refractivity contribution in [3.8, 4) is 0 Å². The average molecular weight is 404 g/mol. The standard InChI is InChI=1S/C21H25NO3S2/c1-4-25-21(24)18-16-11-10-13(2)12-17(16)27-20(18)22-19(23)14(3)26-15-8-6-5-7-9-15/h5-9,13-14H,4,10-12H2,1-3H3,(H,22,23). The molecule has 0 radical (unpaired) electrons. The summed E-state index contributed by atoms with van der Waals surface area (Å²) in [5.74, 6) is 0.173. The summed E-state index contributed by atoms with van der Waals surface area (Å²) in [4.78, 5) is 27.6. The predicted molar refractivity (Wildman–Crippen MR) is 112 cm³/mol. The molecule has 2 atom stereocenters. The highest BCUT2D eigenvalue weighted by Gasteiger charge is 2.29. The van der Waals surface area contributed by atoms with Crippen molar-refractivity contribution < 1.29 is 14.3 Å². The quantitative estimate of drug-likeness (QED) is 0.534. The van der Waals surface area contributed by atoms with Crippen LogP contribution in [0.1, 0.15) is 48.0 Å². The van der Waals surface area contributed by atoms with Crippen LogP contribution < -0.4 is 5.32 Å². The van der Waals surface area contributed by atoms with Crippen LogP contribution in [0.3, 0.4) is 0 Å². The van der Waals surface area contributed by atoms with Gasteiger partial charge < -0.3 is 10.1 Å². The molecule has 0 spiro atoms. The molecule has 6 heteroatoms. The number of hydrogen-bond donors (Lipinski definition) is 1. The Kier molecular flexibility index (Phi) is 6.60. The molecule has 1 aromatic carbocycles. The summed E-state index contributed by atoms with van der Waals surface area (Å²) in [7, 11) is 0. The Hall–Kier alpha value is -1.79. The predicted octanol–water partition coefficient (Wildman–Crippen LogP) is 5.17. The van der Waals surface area contributed by atoms with E-state index in [0.29, 0.717) is 23.1 Å². The molecule has 1 aromatic heterocycles. The monoisotopic (exact) mass is 403 g/mol. The number of hydrogen-bond acceptors (Lipinski definition) is 5. The molecule has 2 aromatic rings. The van der Waals surface area contributed by atoms with E-state index in [1.165, 1.54) is 28.0 Å². The lowest BCUT2D eigenvalue weighted by Crippen LogP contribution is -2.23. The first-order chi connectivity index (χ1) is 13.0. The number of esters is 1. The smallest absolute Gasteiger partial charge is 0.341 e. The second-order valence-corrected chi connectivity index (χ2v) is 9.36. The number of benzene rings is 1. The van der Waals surface area contributed by atoms with Crippen LogP contribution in [0.5, 0.6) is 0 Å². The lowest BCUT2D eigenvalue weighted by molar-refractivity contribution is -0.115. The van der Waals surface area contributed by atoms with Gasteiger partial charge in [-0.3, -0.25) is 4.79 Å². The molecule has 4 nitrogen and oxygen atoms in total. The van der Waals surface area contributed by atoms with Crippen LogP contribution in [0, 0.1) is 5.92 Å². The van der Waals surface area contributed by atoms with Crippen molar-refractivity contribution >= 4 is 40.0 Å². The van der Waals surface area contributed by atoms with Crippen molar-refractivity contribution in [3.05, 3.63) is 46.3 Å². The molecule has 1 amide bonds. The lowest BCUT2D eigenvalue weighted by Gasteiger charge is -2.18. The SMILES string of the molecule is CCOC(=O)c1c(NC(=O)C(C)Sc2ccccc2)sc2c1CCC(C)C2. The van der Waals surface area contributed by atoms with Gasteiger partial charge in [0.05, 0.1) is 17.4 Å². The molecule has 0 saturated carbocycles. The zero-order valence-corrected chi connectivity index (χ0v) is 17.5. The minimum absolute atomic E-state index is 0.0963. The van der Waals surface area contributed by atoms with Gasteiger partial charge in [0.2, 0.25) is 5.91 Å². The topological polar surface area (TPSA) is 55.4 Å². The van der Waals surface area contributed by atoms with Gasteiger partial charge in [0.25, 0.3) is 0 Å². The molecular formula is C21H25NO3S2. The summed E-state index contributed by atoms with van der Waals surface area (Å²) in [6.45, 7) is 6.24. The van der Waals surface area contributed by atoms with E-state index in [1.807, 2.05) is 37.3 Å². The molecule has 27 heavy (non-hydrogen) atoms. The number of thiophene rings is 1. The van der Waals surface area contributed by atoms with Crippen LogP contribution in [-0.4, -0.2) is 23.7 Å². The first-order valence-electron chi connectivity index (χ1n) is 9.33. The van der Waals surface area contributed by atoms with Gasteiger partial charge in [0, 0.05) is 9.77 Å². The fraction of sp³-hybridized carbons (Fsp3) is 0.429. The van der Waals surface area contributed by atoms with Gasteiger partial charge in [-0.1, -0.05) is 25.1 Å². The minimum Gasteiger partial charge on any atom is -0.462 e. The number of rotatable bonds is 6. The summed E-state index contributed by atoms with van der Waals surface area (Å²) in [5.41, 5.74) is 1.63. The highest BCUT2D eigenvalue weighted by molar-refractivity contribution is 8.00. The summed E-state index contributed by atoms with van der Waals surface area (Å²) in [6.07, 6.45) is 2.88. The number of thioether (sulfide) groups is 1. The third kappa shape index (κ3) is 4.74. The number of nitrogens with one attached hydrogen (secondary N) is 1. The van der Waals surface area contributed by atoms with Crippen LogP contribution >= 0.6 is 23.1 Å². The van der Waals surface area contributed by atoms with Crippen LogP contribution in [0.2, 0.25) is 0 Å². The second kappa shape index (κ2) is 8.93. The first kappa shape index (κ1) is 20.0. The summed E-state index contributed by atoms with van der Waals surface area (Å²) in [5, 5.41) is 3.37. The van der Waals surface area contributed by atoms with Crippen LogP contribution in [-0.2, 0) is 22.4 Å². The highest BCUT2D eigenvalue weighted by Crippen LogP contribution is 2.40. The molecule has 144 valence electrons. The fourth-order valence-corrected chi connectivity index (χ4v) is 5.52. The molecule has 0 fully saturated rings. The molecular weight excluding hydrogens is 378 g/mol. The van der Waals surface area contributed by atoms with E-state index >= 15 is 0 Å². The van der Waals surface area contributed by atoms with Crippen molar-refractivity contribution in [1.82, 2.24) is 0 Å². The van der Waals surface area contributed by atoms with E-state index in [0.717, 1.165) is 29.7 Å². The molecule has 1 aliphatic rings. The number of ether oxygens (including phenoxy) is 1. The zero-order valence-electron chi connectivity index (χ0n) is 15.9. The van der Waals surface area contributed by atoms with E-state index in [9.17, 15) is 9.59 Å². The molecule has 0 saturated heterocycles. The van der Waals surface area contributed by atoms with Crippen molar-refractivity contribution in [2.24, 2.45) is 5.92 Å². The third-order valence-electron chi connectivity index (χ3n) is 4.65. The van der Waals surface area contributed by atoms with E-state index in [1.54, 1.807) is 6.92 Å². The Morgan fingerprint density at radius 2 is 2.07 bits per heavy atom. The summed E-state index contributed by atoms with van der Waals surface area (Å²) in [6, 6.07) is 9.85. The molecule has 3 rings (SSSR count). The number of carbonyl (C=O) groups excluding carboxylic acids is 2. The Morgan fingerprint density at radius 1 is 1.33 bits per heavy atom. The van der Waals surface area contributed by atoms with Gasteiger partial charge >= 0.3 is 5.97 Å². The Balaban J connectivity index is 1.80. The normalized spacial score (nSPS) is 17.1. The van der Waals surface area contributed by atoms with Crippen LogP contribution in [0.25, 0.3) is 0 Å². The van der Waals surface area contributed by atoms with E-state index in [-0.39, 0.29) is 17.1 Å². The fourth-order valence-electron chi connectivity index (χ4n) is 3.23. The number of amides is 1. The average Bonchev–Trinajstić information content (AvgIpc) is 2.99. The second-order valence-electron chi connectivity index (χ2n) is 6.84. The Bertz CT molecular complexity index is 816. The van der Waals surface area contributed by atoms with E-state index in [2.05, 4.69) is 12.2 Å². The van der Waals surface area contributed by atoms with E-state index < -0.39 is 0 Å². The molecule has 1 N–H and O–H groups in total. The zero-order chi connectivity index (χ0) is 19.4. The van der Waals surface area contributed by atoms with E-state index in [4.69, 9.17) is 4.74 Å². The van der Waals surface area contributed by atoms with Crippen LogP contribution in [0.15, 0.2) is 35.2 Å². The van der Waals surface area contributed by atoms with Crippen molar-refractivity contribution in [1.29, 1.82) is 0 Å². The Labute approximate surface area is 168 Å². The van der Waals surface area contributed by atoms with Crippen molar-refractivity contribution in [2.45, 2.75) is 50.2 Å². The third-order valence-corrected chi connectivity index (χ3v) is 6.93. The maximum Gasteiger partial charge on any atom is 0.341 e. The van der Waals surface area contributed by atoms with Gasteiger partial charge in [-0.2, -0.15) is 0 Å². The molecule has 1 aliphatic carbocycles. The number of carbonyl (C=O) groups is 2. The molecule has 1 heterocycles. The molecule has 0 aliphatic heterocycles. The van der Waals surface area contributed by atoms with Crippen molar-refractivity contribution in [2.75, 3.05) is 11.9 Å². The van der Waals surface area contributed by atoms with Gasteiger partial charge in [0.1, 0.15) is 5.00 Å². The lowest BCUT2D eigenvalue weighted by atomic mass is 9.88. The number of anilines is 1. The first-order valence-corrected chi connectivity index (χ1v) is 11.0. The van der Waals surface area contributed by atoms with Gasteiger partial charge in [-0.25, -0.2) is 4.79 Å². The largest absolute Gasteiger partial charge is 0.462 e. The maximum atomic E-state index is 12.7. The highest BCUT2D eigenvalue weighted by atomic mass is 32.2. The number of fused-ring (bicyclic) bond motifs is 1. The maximum absolute atomic E-state index is 12.7. The molecule has 2 unspecified atom stereocenters. The summed E-state index contributed by atoms with van der Waals surface area (Å²) < 4.78 is 5.27. The van der Waals surface area contributed by atoms with Gasteiger partial charge in [0.15, 0.2) is 0 Å². The Morgan fingerprint density at radius 3 is 2.78 bits per heavy atom.